The number of aromatic nitrogens is 2. The molecule has 0 amide bonds. The van der Waals surface area contributed by atoms with Crippen LogP contribution >= 0.6 is 0 Å². The van der Waals surface area contributed by atoms with Crippen LogP contribution in [0.3, 0.4) is 0 Å². The largest absolute Gasteiger partial charge is 0.370 e. The summed E-state index contributed by atoms with van der Waals surface area (Å²) in [5, 5.41) is 3.13. The van der Waals surface area contributed by atoms with Gasteiger partial charge in [-0.3, -0.25) is 0 Å². The normalized spacial score (nSPS) is 9.64. The summed E-state index contributed by atoms with van der Waals surface area (Å²) in [7, 11) is 0. The minimum Gasteiger partial charge on any atom is -0.370 e. The van der Waals surface area contributed by atoms with Crippen LogP contribution in [0, 0.1) is 0 Å². The maximum absolute atomic E-state index is 4.26. The zero-order chi connectivity index (χ0) is 8.10. The molecule has 0 unspecified atom stereocenters. The number of hydrogen-bond acceptors (Lipinski definition) is 3. The molecule has 3 heteroatoms. The molecule has 1 aromatic rings. The van der Waals surface area contributed by atoms with Crippen molar-refractivity contribution in [2.24, 2.45) is 0 Å². The van der Waals surface area contributed by atoms with Gasteiger partial charge >= 0.3 is 0 Å². The SMILES string of the molecule is CCNc1ccnc(CC)n1. The molecule has 0 bridgehead atoms. The second-order valence-corrected chi connectivity index (χ2v) is 2.24. The fourth-order valence-corrected chi connectivity index (χ4v) is 0.849. The molecule has 0 fully saturated rings. The van der Waals surface area contributed by atoms with E-state index in [1.54, 1.807) is 6.20 Å². The van der Waals surface area contributed by atoms with Crippen LogP contribution in [0.2, 0.25) is 0 Å². The Morgan fingerprint density at radius 1 is 1.45 bits per heavy atom. The topological polar surface area (TPSA) is 37.8 Å². The zero-order valence-electron chi connectivity index (χ0n) is 6.96. The van der Waals surface area contributed by atoms with Gasteiger partial charge in [-0.15, -0.1) is 0 Å². The summed E-state index contributed by atoms with van der Waals surface area (Å²) in [4.78, 5) is 8.35. The molecule has 0 aliphatic heterocycles. The summed E-state index contributed by atoms with van der Waals surface area (Å²) in [5.74, 6) is 1.81. The van der Waals surface area contributed by atoms with Crippen molar-refractivity contribution in [1.82, 2.24) is 9.97 Å². The molecular weight excluding hydrogens is 138 g/mol. The number of rotatable bonds is 3. The van der Waals surface area contributed by atoms with Crippen molar-refractivity contribution >= 4 is 5.82 Å². The third-order valence-electron chi connectivity index (χ3n) is 1.38. The van der Waals surface area contributed by atoms with Gasteiger partial charge in [-0.05, 0) is 13.0 Å². The van der Waals surface area contributed by atoms with Crippen LogP contribution in [0.4, 0.5) is 5.82 Å². The summed E-state index contributed by atoms with van der Waals surface area (Å²) in [6, 6.07) is 1.88. The van der Waals surface area contributed by atoms with Gasteiger partial charge in [-0.2, -0.15) is 0 Å². The lowest BCUT2D eigenvalue weighted by atomic mass is 10.4. The van der Waals surface area contributed by atoms with E-state index in [1.165, 1.54) is 0 Å². The van der Waals surface area contributed by atoms with E-state index in [9.17, 15) is 0 Å². The van der Waals surface area contributed by atoms with E-state index in [4.69, 9.17) is 0 Å². The summed E-state index contributed by atoms with van der Waals surface area (Å²) in [6.07, 6.45) is 2.67. The van der Waals surface area contributed by atoms with E-state index in [1.807, 2.05) is 19.9 Å². The van der Waals surface area contributed by atoms with Gasteiger partial charge in [0.1, 0.15) is 11.6 Å². The molecule has 1 N–H and O–H groups in total. The van der Waals surface area contributed by atoms with Crippen LogP contribution in [-0.2, 0) is 6.42 Å². The predicted molar refractivity (Wildman–Crippen MR) is 45.6 cm³/mol. The van der Waals surface area contributed by atoms with Crippen molar-refractivity contribution in [2.75, 3.05) is 11.9 Å². The molecule has 1 heterocycles. The second kappa shape index (κ2) is 3.91. The van der Waals surface area contributed by atoms with E-state index in [0.717, 1.165) is 24.6 Å². The maximum atomic E-state index is 4.26. The molecule has 0 aliphatic rings. The van der Waals surface area contributed by atoms with Crippen molar-refractivity contribution in [2.45, 2.75) is 20.3 Å². The first-order chi connectivity index (χ1) is 5.36. The Bertz CT molecular complexity index is 222. The molecule has 0 radical (unpaired) electrons. The number of nitrogens with one attached hydrogen (secondary N) is 1. The first-order valence-corrected chi connectivity index (χ1v) is 3.92. The van der Waals surface area contributed by atoms with Crippen molar-refractivity contribution in [3.63, 3.8) is 0 Å². The average Bonchev–Trinajstić information content (AvgIpc) is 2.06. The fraction of sp³-hybridized carbons (Fsp3) is 0.500. The highest BCUT2D eigenvalue weighted by atomic mass is 15.0. The number of anilines is 1. The van der Waals surface area contributed by atoms with Gasteiger partial charge < -0.3 is 5.32 Å². The lowest BCUT2D eigenvalue weighted by molar-refractivity contribution is 0.936. The van der Waals surface area contributed by atoms with Gasteiger partial charge in [0.2, 0.25) is 0 Å². The Hall–Kier alpha value is -1.12. The van der Waals surface area contributed by atoms with Crippen LogP contribution < -0.4 is 5.32 Å². The molecule has 11 heavy (non-hydrogen) atoms. The Balaban J connectivity index is 2.74. The van der Waals surface area contributed by atoms with Gasteiger partial charge in [0, 0.05) is 19.2 Å². The van der Waals surface area contributed by atoms with Crippen molar-refractivity contribution in [3.8, 4) is 0 Å². The van der Waals surface area contributed by atoms with Gasteiger partial charge in [-0.25, -0.2) is 9.97 Å². The standard InChI is InChI=1S/C8H13N3/c1-3-7-10-6-5-8(11-7)9-4-2/h5-6H,3-4H2,1-2H3,(H,9,10,11). The Kier molecular flexibility index (Phi) is 2.83. The van der Waals surface area contributed by atoms with Gasteiger partial charge in [0.25, 0.3) is 0 Å². The van der Waals surface area contributed by atoms with Gasteiger partial charge in [-0.1, -0.05) is 6.92 Å². The maximum Gasteiger partial charge on any atom is 0.130 e. The minimum atomic E-state index is 0.888. The molecule has 0 saturated carbocycles. The van der Waals surface area contributed by atoms with E-state index < -0.39 is 0 Å². The molecule has 0 atom stereocenters. The minimum absolute atomic E-state index is 0.888. The molecule has 0 aliphatic carbocycles. The van der Waals surface area contributed by atoms with Crippen molar-refractivity contribution < 1.29 is 0 Å². The highest BCUT2D eigenvalue weighted by Crippen LogP contribution is 2.00. The molecule has 60 valence electrons. The molecule has 0 saturated heterocycles. The third kappa shape index (κ3) is 2.18. The third-order valence-corrected chi connectivity index (χ3v) is 1.38. The van der Waals surface area contributed by atoms with Crippen LogP contribution in [0.15, 0.2) is 12.3 Å². The second-order valence-electron chi connectivity index (χ2n) is 2.24. The Morgan fingerprint density at radius 2 is 2.27 bits per heavy atom. The van der Waals surface area contributed by atoms with Crippen LogP contribution in [0.5, 0.6) is 0 Å². The Labute approximate surface area is 66.9 Å². The highest BCUT2D eigenvalue weighted by Gasteiger charge is 1.93. The molecule has 1 aromatic heterocycles. The summed E-state index contributed by atoms with van der Waals surface area (Å²) in [6.45, 7) is 5.00. The average molecular weight is 151 g/mol. The smallest absolute Gasteiger partial charge is 0.130 e. The number of aryl methyl sites for hydroxylation is 1. The van der Waals surface area contributed by atoms with Crippen LogP contribution in [-0.4, -0.2) is 16.5 Å². The highest BCUT2D eigenvalue weighted by molar-refractivity contribution is 5.32. The van der Waals surface area contributed by atoms with E-state index in [-0.39, 0.29) is 0 Å². The van der Waals surface area contributed by atoms with E-state index in [0.29, 0.717) is 0 Å². The molecule has 3 nitrogen and oxygen atoms in total. The molecule has 1 rings (SSSR count). The lowest BCUT2D eigenvalue weighted by Gasteiger charge is -2.01. The molecule has 0 aromatic carbocycles. The molecule has 0 spiro atoms. The first-order valence-electron chi connectivity index (χ1n) is 3.92. The van der Waals surface area contributed by atoms with Crippen molar-refractivity contribution in [1.29, 1.82) is 0 Å². The number of nitrogens with zero attached hydrogens (tertiary/aromatic N) is 2. The summed E-state index contributed by atoms with van der Waals surface area (Å²) < 4.78 is 0. The number of hydrogen-bond donors (Lipinski definition) is 1. The zero-order valence-corrected chi connectivity index (χ0v) is 6.96. The van der Waals surface area contributed by atoms with Crippen molar-refractivity contribution in [3.05, 3.63) is 18.1 Å². The van der Waals surface area contributed by atoms with Crippen LogP contribution in [0.25, 0.3) is 0 Å². The predicted octanol–water partition coefficient (Wildman–Crippen LogP) is 1.47. The monoisotopic (exact) mass is 151 g/mol. The summed E-state index contributed by atoms with van der Waals surface area (Å²) in [5.41, 5.74) is 0. The van der Waals surface area contributed by atoms with Gasteiger partial charge in [0.15, 0.2) is 0 Å². The van der Waals surface area contributed by atoms with Crippen LogP contribution in [0.1, 0.15) is 19.7 Å². The lowest BCUT2D eigenvalue weighted by Crippen LogP contribution is -2.01. The first kappa shape index (κ1) is 7.98. The Morgan fingerprint density at radius 3 is 2.91 bits per heavy atom. The summed E-state index contributed by atoms with van der Waals surface area (Å²) >= 11 is 0. The van der Waals surface area contributed by atoms with E-state index in [2.05, 4.69) is 15.3 Å². The fourth-order valence-electron chi connectivity index (χ4n) is 0.849. The van der Waals surface area contributed by atoms with Gasteiger partial charge in [0.05, 0.1) is 0 Å². The molecular formula is C8H13N3. The van der Waals surface area contributed by atoms with E-state index >= 15 is 0 Å². The quantitative estimate of drug-likeness (QED) is 0.710.